The van der Waals surface area contributed by atoms with E-state index < -0.39 is 17.6 Å². The van der Waals surface area contributed by atoms with E-state index in [1.807, 2.05) is 0 Å². The van der Waals surface area contributed by atoms with Crippen LogP contribution in [0.25, 0.3) is 6.08 Å². The largest absolute Gasteiger partial charge is 0.496 e. The number of hydrogen-bond acceptors (Lipinski definition) is 4. The Kier molecular flexibility index (Phi) is 6.42. The zero-order chi connectivity index (χ0) is 20.8. The maximum absolute atomic E-state index is 13.7. The zero-order valence-corrected chi connectivity index (χ0v) is 16.2. The molecule has 146 valence electrons. The van der Waals surface area contributed by atoms with Crippen molar-refractivity contribution in [2.45, 2.75) is 0 Å². The van der Waals surface area contributed by atoms with Crippen molar-refractivity contribution in [1.29, 1.82) is 0 Å². The number of halogens is 2. The van der Waals surface area contributed by atoms with Crippen LogP contribution in [0.5, 0.6) is 11.5 Å². The highest BCUT2D eigenvalue weighted by Gasteiger charge is 2.18. The maximum atomic E-state index is 13.7. The first-order chi connectivity index (χ1) is 14.0. The highest BCUT2D eigenvalue weighted by Crippen LogP contribution is 2.25. The molecule has 0 spiro atoms. The summed E-state index contributed by atoms with van der Waals surface area (Å²) in [7, 11) is 1.43. The van der Waals surface area contributed by atoms with Crippen LogP contribution in [0, 0.1) is 5.82 Å². The molecule has 0 bridgehead atoms. The molecule has 0 aliphatic rings. The molecule has 0 amide bonds. The van der Waals surface area contributed by atoms with Crippen LogP contribution in [0.2, 0.25) is 5.02 Å². The molecule has 4 nitrogen and oxygen atoms in total. The van der Waals surface area contributed by atoms with E-state index in [4.69, 9.17) is 21.1 Å². The molecule has 0 saturated heterocycles. The molecule has 0 heterocycles. The van der Waals surface area contributed by atoms with Gasteiger partial charge in [-0.15, -0.1) is 0 Å². The van der Waals surface area contributed by atoms with Crippen molar-refractivity contribution in [3.63, 3.8) is 0 Å². The number of methoxy groups -OCH3 is 1. The fraction of sp³-hybridized carbons (Fsp3) is 0.0435. The Morgan fingerprint density at radius 3 is 2.38 bits per heavy atom. The third-order valence-electron chi connectivity index (χ3n) is 4.03. The van der Waals surface area contributed by atoms with Crippen LogP contribution in [0.4, 0.5) is 4.39 Å². The van der Waals surface area contributed by atoms with Gasteiger partial charge in [-0.25, -0.2) is 9.18 Å². The first kappa shape index (κ1) is 20.3. The predicted molar refractivity (Wildman–Crippen MR) is 109 cm³/mol. The molecule has 6 heteroatoms. The quantitative estimate of drug-likeness (QED) is 0.229. The highest BCUT2D eigenvalue weighted by molar-refractivity contribution is 6.30. The number of carbonyl (C=O) groups is 2. The van der Waals surface area contributed by atoms with Crippen molar-refractivity contribution >= 4 is 29.4 Å². The normalized spacial score (nSPS) is 10.7. The molecule has 3 aromatic carbocycles. The van der Waals surface area contributed by atoms with Gasteiger partial charge in [0.2, 0.25) is 0 Å². The van der Waals surface area contributed by atoms with Crippen molar-refractivity contribution in [3.8, 4) is 11.5 Å². The minimum Gasteiger partial charge on any atom is -0.496 e. The number of rotatable bonds is 6. The highest BCUT2D eigenvalue weighted by atomic mass is 35.5. The number of carbonyl (C=O) groups excluding carboxylic acids is 2. The van der Waals surface area contributed by atoms with Gasteiger partial charge in [0.05, 0.1) is 12.7 Å². The Balaban J connectivity index is 1.86. The van der Waals surface area contributed by atoms with Crippen molar-refractivity contribution in [2.75, 3.05) is 7.11 Å². The number of allylic oxidation sites excluding steroid dienone is 1. The first-order valence-corrected chi connectivity index (χ1v) is 8.98. The zero-order valence-electron chi connectivity index (χ0n) is 15.4. The number of benzene rings is 3. The van der Waals surface area contributed by atoms with E-state index in [1.54, 1.807) is 48.5 Å². The lowest BCUT2D eigenvalue weighted by molar-refractivity contribution is 0.0729. The molecular weight excluding hydrogens is 395 g/mol. The summed E-state index contributed by atoms with van der Waals surface area (Å²) in [5.41, 5.74) is 0.861. The summed E-state index contributed by atoms with van der Waals surface area (Å²) in [6.07, 6.45) is 2.84. The third kappa shape index (κ3) is 5.09. The van der Waals surface area contributed by atoms with Gasteiger partial charge in [0.1, 0.15) is 22.9 Å². The molecular formula is C23H16ClFO4. The average molecular weight is 411 g/mol. The fourth-order valence-electron chi connectivity index (χ4n) is 2.59. The fourth-order valence-corrected chi connectivity index (χ4v) is 2.71. The second-order valence-corrected chi connectivity index (χ2v) is 6.42. The Labute approximate surface area is 172 Å². The van der Waals surface area contributed by atoms with Gasteiger partial charge < -0.3 is 9.47 Å². The van der Waals surface area contributed by atoms with Gasteiger partial charge in [0.25, 0.3) is 0 Å². The second-order valence-electron chi connectivity index (χ2n) is 5.98. The maximum Gasteiger partial charge on any atom is 0.347 e. The standard InChI is InChI=1S/C23H16ClFO4/c1-28-21-5-3-2-4-18(21)23(27)29-22-13-11-17(25)14-19(22)20(26)12-8-15-6-9-16(24)10-7-15/h2-14H,1H3/b12-8+. The summed E-state index contributed by atoms with van der Waals surface area (Å²) in [5.74, 6) is -1.57. The molecule has 0 atom stereocenters. The van der Waals surface area contributed by atoms with E-state index in [0.717, 1.165) is 17.7 Å². The summed E-state index contributed by atoms with van der Waals surface area (Å²) < 4.78 is 24.3. The lowest BCUT2D eigenvalue weighted by Gasteiger charge is -2.10. The second kappa shape index (κ2) is 9.17. The van der Waals surface area contributed by atoms with E-state index in [-0.39, 0.29) is 16.9 Å². The Morgan fingerprint density at radius 2 is 1.66 bits per heavy atom. The Morgan fingerprint density at radius 1 is 0.931 bits per heavy atom. The van der Waals surface area contributed by atoms with Crippen LogP contribution in [0.3, 0.4) is 0 Å². The summed E-state index contributed by atoms with van der Waals surface area (Å²) in [5, 5.41) is 0.573. The number of hydrogen-bond donors (Lipinski definition) is 0. The topological polar surface area (TPSA) is 52.6 Å². The van der Waals surface area contributed by atoms with Crippen LogP contribution in [0.15, 0.2) is 72.8 Å². The molecule has 0 N–H and O–H groups in total. The van der Waals surface area contributed by atoms with Gasteiger partial charge in [0.15, 0.2) is 5.78 Å². The SMILES string of the molecule is COc1ccccc1C(=O)Oc1ccc(F)cc1C(=O)/C=C/c1ccc(Cl)cc1. The number of ether oxygens (including phenoxy) is 2. The first-order valence-electron chi connectivity index (χ1n) is 8.60. The van der Waals surface area contributed by atoms with Gasteiger partial charge in [0, 0.05) is 5.02 Å². The Bertz CT molecular complexity index is 1070. The number of para-hydroxylation sites is 1. The summed E-state index contributed by atoms with van der Waals surface area (Å²) in [6, 6.07) is 16.8. The van der Waals surface area contributed by atoms with Gasteiger partial charge in [-0.2, -0.15) is 0 Å². The van der Waals surface area contributed by atoms with Crippen LogP contribution in [0.1, 0.15) is 26.3 Å². The van der Waals surface area contributed by atoms with Crippen LogP contribution >= 0.6 is 11.6 Å². The minimum atomic E-state index is -0.718. The van der Waals surface area contributed by atoms with E-state index in [0.29, 0.717) is 10.8 Å². The summed E-state index contributed by atoms with van der Waals surface area (Å²) >= 11 is 5.84. The molecule has 0 aliphatic heterocycles. The minimum absolute atomic E-state index is 0.0481. The monoisotopic (exact) mass is 410 g/mol. The number of ketones is 1. The van der Waals surface area contributed by atoms with E-state index in [1.165, 1.54) is 25.3 Å². The summed E-state index contributed by atoms with van der Waals surface area (Å²) in [4.78, 5) is 25.1. The van der Waals surface area contributed by atoms with Gasteiger partial charge in [-0.1, -0.05) is 41.9 Å². The van der Waals surface area contributed by atoms with Crippen molar-refractivity contribution in [3.05, 3.63) is 100 Å². The average Bonchev–Trinajstić information content (AvgIpc) is 2.74. The summed E-state index contributed by atoms with van der Waals surface area (Å²) in [6.45, 7) is 0. The smallest absolute Gasteiger partial charge is 0.347 e. The van der Waals surface area contributed by atoms with Crippen molar-refractivity contribution < 1.29 is 23.5 Å². The molecule has 0 radical (unpaired) electrons. The molecule has 29 heavy (non-hydrogen) atoms. The third-order valence-corrected chi connectivity index (χ3v) is 4.29. The lowest BCUT2D eigenvalue weighted by atomic mass is 10.1. The van der Waals surface area contributed by atoms with Gasteiger partial charge in [-0.05, 0) is 54.1 Å². The van der Waals surface area contributed by atoms with Crippen molar-refractivity contribution in [1.82, 2.24) is 0 Å². The molecule has 3 aromatic rings. The van der Waals surface area contributed by atoms with Gasteiger partial charge in [-0.3, -0.25) is 4.79 Å². The van der Waals surface area contributed by atoms with Crippen LogP contribution in [-0.2, 0) is 0 Å². The molecule has 0 fully saturated rings. The van der Waals surface area contributed by atoms with Crippen molar-refractivity contribution in [2.24, 2.45) is 0 Å². The molecule has 0 aliphatic carbocycles. The molecule has 0 unspecified atom stereocenters. The predicted octanol–water partition coefficient (Wildman–Crippen LogP) is 5.60. The lowest BCUT2D eigenvalue weighted by Crippen LogP contribution is -2.12. The molecule has 0 saturated carbocycles. The molecule has 0 aromatic heterocycles. The van der Waals surface area contributed by atoms with E-state index in [9.17, 15) is 14.0 Å². The van der Waals surface area contributed by atoms with E-state index >= 15 is 0 Å². The van der Waals surface area contributed by atoms with Gasteiger partial charge >= 0.3 is 5.97 Å². The van der Waals surface area contributed by atoms with Crippen LogP contribution in [-0.4, -0.2) is 18.9 Å². The molecule has 3 rings (SSSR count). The Hall–Kier alpha value is -3.44. The number of esters is 1. The van der Waals surface area contributed by atoms with E-state index in [2.05, 4.69) is 0 Å². The van der Waals surface area contributed by atoms with Crippen LogP contribution < -0.4 is 9.47 Å².